The molecule has 2 heterocycles. The molecule has 0 spiro atoms. The van der Waals surface area contributed by atoms with Gasteiger partial charge in [0.2, 0.25) is 0 Å². The van der Waals surface area contributed by atoms with Gasteiger partial charge in [0, 0.05) is 19.6 Å². The van der Waals surface area contributed by atoms with E-state index < -0.39 is 0 Å². The largest absolute Gasteiger partial charge is 0.332 e. The summed E-state index contributed by atoms with van der Waals surface area (Å²) in [5.41, 5.74) is 0.739. The van der Waals surface area contributed by atoms with E-state index in [1.807, 2.05) is 11.8 Å². The normalized spacial score (nSPS) is 15.9. The summed E-state index contributed by atoms with van der Waals surface area (Å²) in [5, 5.41) is 7.08. The van der Waals surface area contributed by atoms with E-state index >= 15 is 0 Å². The Morgan fingerprint density at radius 2 is 2.38 bits per heavy atom. The number of nitrogens with one attached hydrogen (secondary N) is 1. The lowest BCUT2D eigenvalue weighted by Crippen LogP contribution is -2.59. The van der Waals surface area contributed by atoms with Crippen molar-refractivity contribution in [2.45, 2.75) is 26.3 Å². The topological polar surface area (TPSA) is 58.1 Å². The number of aromatic nitrogens is 2. The van der Waals surface area contributed by atoms with Crippen LogP contribution in [-0.2, 0) is 0 Å². The van der Waals surface area contributed by atoms with E-state index in [4.69, 9.17) is 0 Å². The lowest BCUT2D eigenvalue weighted by Gasteiger charge is -2.37. The first-order chi connectivity index (χ1) is 7.74. The number of nitrogens with zero attached hydrogens (tertiary/aromatic N) is 3. The highest BCUT2D eigenvalue weighted by Crippen LogP contribution is 2.16. The Kier molecular flexibility index (Phi) is 3.50. The summed E-state index contributed by atoms with van der Waals surface area (Å²) in [7, 11) is 0. The highest BCUT2D eigenvalue weighted by atomic mass is 32.1. The highest BCUT2D eigenvalue weighted by Gasteiger charge is 2.30. The quantitative estimate of drug-likeness (QED) is 0.840. The van der Waals surface area contributed by atoms with Gasteiger partial charge >= 0.3 is 0 Å². The van der Waals surface area contributed by atoms with E-state index in [1.165, 1.54) is 11.5 Å². The molecule has 1 saturated heterocycles. The third kappa shape index (κ3) is 2.08. The maximum atomic E-state index is 12.3. The van der Waals surface area contributed by atoms with Crippen LogP contribution in [0.5, 0.6) is 0 Å². The van der Waals surface area contributed by atoms with Gasteiger partial charge in [-0.3, -0.25) is 4.79 Å². The van der Waals surface area contributed by atoms with Crippen molar-refractivity contribution >= 4 is 17.4 Å². The van der Waals surface area contributed by atoms with Crippen molar-refractivity contribution < 1.29 is 4.79 Å². The average molecular weight is 240 g/mol. The summed E-state index contributed by atoms with van der Waals surface area (Å²) in [4.78, 5) is 14.9. The SMILES string of the molecule is CCCN(C(=O)c1snnc1C)C1CNC1. The Hall–Kier alpha value is -1.01. The van der Waals surface area contributed by atoms with E-state index in [9.17, 15) is 4.79 Å². The van der Waals surface area contributed by atoms with Gasteiger partial charge in [-0.1, -0.05) is 11.4 Å². The zero-order valence-electron chi connectivity index (χ0n) is 9.56. The molecule has 1 fully saturated rings. The predicted molar refractivity (Wildman–Crippen MR) is 62.6 cm³/mol. The molecule has 0 bridgehead atoms. The van der Waals surface area contributed by atoms with Crippen LogP contribution in [-0.4, -0.2) is 46.1 Å². The molecule has 0 unspecified atom stereocenters. The van der Waals surface area contributed by atoms with Crippen LogP contribution in [0.25, 0.3) is 0 Å². The molecule has 1 aromatic rings. The molecule has 1 amide bonds. The molecule has 1 N–H and O–H groups in total. The Morgan fingerprint density at radius 1 is 1.62 bits per heavy atom. The van der Waals surface area contributed by atoms with Crippen molar-refractivity contribution in [1.82, 2.24) is 19.8 Å². The first-order valence-electron chi connectivity index (χ1n) is 5.54. The first-order valence-corrected chi connectivity index (χ1v) is 6.32. The molecule has 0 aromatic carbocycles. The minimum absolute atomic E-state index is 0.0841. The summed E-state index contributed by atoms with van der Waals surface area (Å²) in [6.07, 6.45) is 0.980. The summed E-state index contributed by atoms with van der Waals surface area (Å²) in [5.74, 6) is 0.0841. The molecule has 1 aliphatic rings. The van der Waals surface area contributed by atoms with Crippen molar-refractivity contribution in [2.75, 3.05) is 19.6 Å². The minimum atomic E-state index is 0.0841. The maximum absolute atomic E-state index is 12.3. The van der Waals surface area contributed by atoms with Crippen molar-refractivity contribution in [1.29, 1.82) is 0 Å². The average Bonchev–Trinajstić information content (AvgIpc) is 2.60. The number of hydrogen-bond donors (Lipinski definition) is 1. The standard InChI is InChI=1S/C10H16N4OS/c1-3-4-14(8-5-11-6-8)10(15)9-7(2)12-13-16-9/h8,11H,3-6H2,1-2H3. The molecule has 1 aliphatic heterocycles. The Bertz CT molecular complexity index is 375. The van der Waals surface area contributed by atoms with E-state index in [1.54, 1.807) is 0 Å². The molecule has 0 aliphatic carbocycles. The van der Waals surface area contributed by atoms with Gasteiger partial charge in [0.05, 0.1) is 11.7 Å². The molecule has 88 valence electrons. The third-order valence-corrected chi connectivity index (χ3v) is 3.59. The number of aryl methyl sites for hydroxylation is 1. The molecule has 6 heteroatoms. The minimum Gasteiger partial charge on any atom is -0.332 e. The van der Waals surface area contributed by atoms with Crippen LogP contribution >= 0.6 is 11.5 Å². The number of carbonyl (C=O) groups is 1. The lowest BCUT2D eigenvalue weighted by atomic mass is 10.1. The van der Waals surface area contributed by atoms with Crippen LogP contribution in [0.1, 0.15) is 28.7 Å². The van der Waals surface area contributed by atoms with Crippen LogP contribution in [0.4, 0.5) is 0 Å². The van der Waals surface area contributed by atoms with Gasteiger partial charge < -0.3 is 10.2 Å². The summed E-state index contributed by atoms with van der Waals surface area (Å²) < 4.78 is 3.82. The predicted octanol–water partition coefficient (Wildman–Crippen LogP) is 0.671. The third-order valence-electron chi connectivity index (χ3n) is 2.77. The van der Waals surface area contributed by atoms with Crippen molar-refractivity contribution in [3.8, 4) is 0 Å². The van der Waals surface area contributed by atoms with Gasteiger partial charge in [-0.05, 0) is 24.9 Å². The van der Waals surface area contributed by atoms with Gasteiger partial charge in [-0.2, -0.15) is 0 Å². The Labute approximate surface area is 99.0 Å². The molecular weight excluding hydrogens is 224 g/mol. The molecule has 0 radical (unpaired) electrons. The second kappa shape index (κ2) is 4.88. The van der Waals surface area contributed by atoms with E-state index in [-0.39, 0.29) is 5.91 Å². The number of rotatable bonds is 4. The number of hydrogen-bond acceptors (Lipinski definition) is 5. The second-order valence-electron chi connectivity index (χ2n) is 4.00. The van der Waals surface area contributed by atoms with Gasteiger partial charge in [0.15, 0.2) is 0 Å². The van der Waals surface area contributed by atoms with Crippen LogP contribution in [0.2, 0.25) is 0 Å². The number of carbonyl (C=O) groups excluding carboxylic acids is 1. The lowest BCUT2D eigenvalue weighted by molar-refractivity contribution is 0.0620. The molecule has 2 rings (SSSR count). The first kappa shape index (κ1) is 11.5. The van der Waals surface area contributed by atoms with Crippen molar-refractivity contribution in [2.24, 2.45) is 0 Å². The van der Waals surface area contributed by atoms with E-state index in [0.29, 0.717) is 10.9 Å². The van der Waals surface area contributed by atoms with E-state index in [2.05, 4.69) is 21.8 Å². The zero-order chi connectivity index (χ0) is 11.5. The Morgan fingerprint density at radius 3 is 2.81 bits per heavy atom. The molecule has 5 nitrogen and oxygen atoms in total. The maximum Gasteiger partial charge on any atom is 0.267 e. The summed E-state index contributed by atoms with van der Waals surface area (Å²) >= 11 is 1.19. The Balaban J connectivity index is 2.13. The molecular formula is C10H16N4OS. The molecule has 0 saturated carbocycles. The fourth-order valence-corrected chi connectivity index (χ4v) is 2.36. The van der Waals surface area contributed by atoms with Crippen LogP contribution in [0, 0.1) is 6.92 Å². The van der Waals surface area contributed by atoms with Crippen LogP contribution in [0.15, 0.2) is 0 Å². The molecule has 16 heavy (non-hydrogen) atoms. The van der Waals surface area contributed by atoms with Gasteiger partial charge in [0.25, 0.3) is 5.91 Å². The van der Waals surface area contributed by atoms with E-state index in [0.717, 1.165) is 31.7 Å². The van der Waals surface area contributed by atoms with Gasteiger partial charge in [-0.25, -0.2) is 0 Å². The highest BCUT2D eigenvalue weighted by molar-refractivity contribution is 7.07. The summed E-state index contributed by atoms with van der Waals surface area (Å²) in [6, 6.07) is 0.342. The van der Waals surface area contributed by atoms with Gasteiger partial charge in [0.1, 0.15) is 4.88 Å². The zero-order valence-corrected chi connectivity index (χ0v) is 10.4. The van der Waals surface area contributed by atoms with Crippen LogP contribution < -0.4 is 5.32 Å². The number of amides is 1. The fraction of sp³-hybridized carbons (Fsp3) is 0.700. The fourth-order valence-electron chi connectivity index (χ4n) is 1.74. The molecule has 0 atom stereocenters. The monoisotopic (exact) mass is 240 g/mol. The second-order valence-corrected chi connectivity index (χ2v) is 4.75. The van der Waals surface area contributed by atoms with Crippen molar-refractivity contribution in [3.05, 3.63) is 10.6 Å². The van der Waals surface area contributed by atoms with Crippen LogP contribution in [0.3, 0.4) is 0 Å². The molecule has 1 aromatic heterocycles. The summed E-state index contributed by atoms with van der Waals surface area (Å²) in [6.45, 7) is 6.53. The van der Waals surface area contributed by atoms with Gasteiger partial charge in [-0.15, -0.1) is 5.10 Å². The van der Waals surface area contributed by atoms with Crippen molar-refractivity contribution in [3.63, 3.8) is 0 Å². The smallest absolute Gasteiger partial charge is 0.267 e.